The summed E-state index contributed by atoms with van der Waals surface area (Å²) in [6.45, 7) is 8.00. The number of anilines is 3. The lowest BCUT2D eigenvalue weighted by atomic mass is 9.92. The number of carbonyl (C=O) groups is 2. The van der Waals surface area contributed by atoms with Gasteiger partial charge in [0, 0.05) is 12.6 Å². The van der Waals surface area contributed by atoms with Crippen molar-refractivity contribution in [3.8, 4) is 0 Å². The number of hydrogen-bond acceptors (Lipinski definition) is 6. The number of benzene rings is 1. The number of aromatic nitrogens is 1. The number of nitrogens with one attached hydrogen (secondary N) is 2. The molecule has 1 aliphatic rings. The highest BCUT2D eigenvalue weighted by molar-refractivity contribution is 6.01. The fourth-order valence-corrected chi connectivity index (χ4v) is 4.35. The first kappa shape index (κ1) is 23.6. The van der Waals surface area contributed by atoms with E-state index in [1.54, 1.807) is 26.8 Å². The Bertz CT molecular complexity index is 966. The fourth-order valence-electron chi connectivity index (χ4n) is 4.35. The van der Waals surface area contributed by atoms with E-state index in [0.717, 1.165) is 30.6 Å². The molecule has 0 radical (unpaired) electrons. The van der Waals surface area contributed by atoms with Gasteiger partial charge in [-0.05, 0) is 63.6 Å². The van der Waals surface area contributed by atoms with Gasteiger partial charge >= 0.3 is 12.0 Å². The number of rotatable bonds is 8. The molecule has 2 amide bonds. The third-order valence-electron chi connectivity index (χ3n) is 5.90. The lowest BCUT2D eigenvalue weighted by Crippen LogP contribution is -2.46. The molecule has 0 saturated carbocycles. The number of aryl methyl sites for hydroxylation is 1. The zero-order valence-electron chi connectivity index (χ0n) is 19.0. The summed E-state index contributed by atoms with van der Waals surface area (Å²) in [5.74, 6) is -0.165. The van der Waals surface area contributed by atoms with Crippen molar-refractivity contribution < 1.29 is 24.3 Å². The maximum atomic E-state index is 12.7. The van der Waals surface area contributed by atoms with Crippen molar-refractivity contribution in [3.05, 3.63) is 35.6 Å². The SMILES string of the molecule is CCC(CC(=O)O)c1ccc(N2CCCC2C(C)(C)O)c(NC(=O)Nc2cc(C)on2)c1. The van der Waals surface area contributed by atoms with Crippen LogP contribution < -0.4 is 15.5 Å². The first-order chi connectivity index (χ1) is 15.1. The molecule has 2 unspecified atom stereocenters. The number of aliphatic hydroxyl groups is 1. The fraction of sp³-hybridized carbons (Fsp3) is 0.522. The number of nitrogens with zero attached hydrogens (tertiary/aromatic N) is 2. The van der Waals surface area contributed by atoms with Crippen molar-refractivity contribution in [2.24, 2.45) is 0 Å². The molecule has 2 atom stereocenters. The normalized spacial score (nSPS) is 17.3. The van der Waals surface area contributed by atoms with E-state index in [4.69, 9.17) is 4.52 Å². The van der Waals surface area contributed by atoms with E-state index in [0.29, 0.717) is 23.7 Å². The largest absolute Gasteiger partial charge is 0.481 e. The third-order valence-corrected chi connectivity index (χ3v) is 5.90. The van der Waals surface area contributed by atoms with Crippen LogP contribution >= 0.6 is 0 Å². The smallest absolute Gasteiger partial charge is 0.325 e. The van der Waals surface area contributed by atoms with Crippen LogP contribution in [0.15, 0.2) is 28.8 Å². The van der Waals surface area contributed by atoms with Gasteiger partial charge in [-0.1, -0.05) is 18.1 Å². The van der Waals surface area contributed by atoms with Crippen molar-refractivity contribution in [2.45, 2.75) is 70.9 Å². The van der Waals surface area contributed by atoms with Gasteiger partial charge in [0.2, 0.25) is 0 Å². The number of aliphatic carboxylic acids is 1. The standard InChI is InChI=1S/C23H32N4O5/c1-5-15(13-21(28)29)16-8-9-18(27-10-6-7-19(27)23(3,4)31)17(12-16)24-22(30)25-20-11-14(2)32-26-20/h8-9,11-12,15,19,31H,5-7,10,13H2,1-4H3,(H,28,29)(H2,24,25,26,30). The van der Waals surface area contributed by atoms with Crippen LogP contribution in [0.3, 0.4) is 0 Å². The number of hydrogen-bond donors (Lipinski definition) is 4. The van der Waals surface area contributed by atoms with Crippen molar-refractivity contribution in [1.29, 1.82) is 0 Å². The Hall–Kier alpha value is -3.07. The molecule has 2 aromatic rings. The Morgan fingerprint density at radius 2 is 2.06 bits per heavy atom. The Morgan fingerprint density at radius 1 is 1.31 bits per heavy atom. The number of carboxylic acids is 1. The van der Waals surface area contributed by atoms with Gasteiger partial charge in [-0.25, -0.2) is 4.79 Å². The van der Waals surface area contributed by atoms with Crippen LogP contribution in [-0.2, 0) is 4.79 Å². The van der Waals surface area contributed by atoms with E-state index in [9.17, 15) is 19.8 Å². The highest BCUT2D eigenvalue weighted by atomic mass is 16.5. The quantitative estimate of drug-likeness (QED) is 0.477. The average Bonchev–Trinajstić information content (AvgIpc) is 3.34. The molecule has 3 rings (SSSR count). The second-order valence-electron chi connectivity index (χ2n) is 8.89. The molecule has 1 aromatic heterocycles. The monoisotopic (exact) mass is 444 g/mol. The summed E-state index contributed by atoms with van der Waals surface area (Å²) in [7, 11) is 0. The van der Waals surface area contributed by atoms with Crippen molar-refractivity contribution in [3.63, 3.8) is 0 Å². The summed E-state index contributed by atoms with van der Waals surface area (Å²) in [4.78, 5) is 26.1. The Balaban J connectivity index is 1.94. The van der Waals surface area contributed by atoms with E-state index >= 15 is 0 Å². The molecular weight excluding hydrogens is 412 g/mol. The first-order valence-electron chi connectivity index (χ1n) is 10.9. The molecule has 0 bridgehead atoms. The zero-order valence-corrected chi connectivity index (χ0v) is 19.0. The molecule has 2 heterocycles. The lowest BCUT2D eigenvalue weighted by Gasteiger charge is -2.36. The highest BCUT2D eigenvalue weighted by Crippen LogP contribution is 2.38. The molecule has 1 saturated heterocycles. The minimum Gasteiger partial charge on any atom is -0.481 e. The van der Waals surface area contributed by atoms with Gasteiger partial charge in [0.05, 0.1) is 29.4 Å². The van der Waals surface area contributed by atoms with E-state index in [1.807, 2.05) is 25.1 Å². The molecule has 32 heavy (non-hydrogen) atoms. The summed E-state index contributed by atoms with van der Waals surface area (Å²) < 4.78 is 4.99. The predicted octanol–water partition coefficient (Wildman–Crippen LogP) is 4.34. The van der Waals surface area contributed by atoms with Crippen molar-refractivity contribution >= 4 is 29.2 Å². The Kier molecular flexibility index (Phi) is 7.08. The molecule has 1 aliphatic heterocycles. The molecule has 1 fully saturated rings. The molecular formula is C23H32N4O5. The minimum absolute atomic E-state index is 0.00963. The van der Waals surface area contributed by atoms with E-state index in [-0.39, 0.29) is 18.4 Å². The van der Waals surface area contributed by atoms with E-state index in [2.05, 4.69) is 20.7 Å². The van der Waals surface area contributed by atoms with Crippen LogP contribution in [0.1, 0.15) is 63.7 Å². The number of urea groups is 1. The molecule has 0 spiro atoms. The van der Waals surface area contributed by atoms with Gasteiger partial charge in [-0.3, -0.25) is 10.1 Å². The van der Waals surface area contributed by atoms with Gasteiger partial charge in [0.1, 0.15) is 5.76 Å². The second-order valence-corrected chi connectivity index (χ2v) is 8.89. The Morgan fingerprint density at radius 3 is 2.66 bits per heavy atom. The highest BCUT2D eigenvalue weighted by Gasteiger charge is 2.37. The number of amides is 2. The molecule has 4 N–H and O–H groups in total. The molecule has 0 aliphatic carbocycles. The van der Waals surface area contributed by atoms with E-state index < -0.39 is 17.6 Å². The molecule has 174 valence electrons. The summed E-state index contributed by atoms with van der Waals surface area (Å²) in [5.41, 5.74) is 1.27. The zero-order chi connectivity index (χ0) is 23.5. The maximum Gasteiger partial charge on any atom is 0.325 e. The van der Waals surface area contributed by atoms with Crippen LogP contribution in [0.5, 0.6) is 0 Å². The van der Waals surface area contributed by atoms with Crippen molar-refractivity contribution in [2.75, 3.05) is 22.1 Å². The lowest BCUT2D eigenvalue weighted by molar-refractivity contribution is -0.137. The van der Waals surface area contributed by atoms with Gasteiger partial charge in [0.25, 0.3) is 0 Å². The Labute approximate surface area is 187 Å². The van der Waals surface area contributed by atoms with Crippen molar-refractivity contribution in [1.82, 2.24) is 5.16 Å². The third kappa shape index (κ3) is 5.59. The molecule has 9 nitrogen and oxygen atoms in total. The van der Waals surface area contributed by atoms with Gasteiger partial charge in [-0.15, -0.1) is 0 Å². The van der Waals surface area contributed by atoms with Crippen LogP contribution in [-0.4, -0.2) is 45.6 Å². The summed E-state index contributed by atoms with van der Waals surface area (Å²) in [6.07, 6.45) is 2.43. The topological polar surface area (TPSA) is 128 Å². The summed E-state index contributed by atoms with van der Waals surface area (Å²) >= 11 is 0. The summed E-state index contributed by atoms with van der Waals surface area (Å²) in [6, 6.07) is 6.68. The minimum atomic E-state index is -0.914. The summed E-state index contributed by atoms with van der Waals surface area (Å²) in [5, 5.41) is 29.3. The molecule has 9 heteroatoms. The van der Waals surface area contributed by atoms with Gasteiger partial charge < -0.3 is 25.0 Å². The van der Waals surface area contributed by atoms with E-state index in [1.165, 1.54) is 0 Å². The second kappa shape index (κ2) is 9.60. The number of carboxylic acid groups (broad SMARTS) is 1. The first-order valence-corrected chi connectivity index (χ1v) is 10.9. The number of carbonyl (C=O) groups excluding carboxylic acids is 1. The molecule has 1 aromatic carbocycles. The van der Waals surface area contributed by atoms with Crippen LogP contribution in [0.25, 0.3) is 0 Å². The van der Waals surface area contributed by atoms with Crippen LogP contribution in [0, 0.1) is 6.92 Å². The van der Waals surface area contributed by atoms with Crippen LogP contribution in [0.2, 0.25) is 0 Å². The van der Waals surface area contributed by atoms with Gasteiger partial charge in [0.15, 0.2) is 5.82 Å². The maximum absolute atomic E-state index is 12.7. The van der Waals surface area contributed by atoms with Crippen LogP contribution in [0.4, 0.5) is 22.0 Å². The predicted molar refractivity (Wildman–Crippen MR) is 122 cm³/mol. The van der Waals surface area contributed by atoms with Gasteiger partial charge in [-0.2, -0.15) is 0 Å². The average molecular weight is 445 g/mol.